The van der Waals surface area contributed by atoms with Crippen molar-refractivity contribution in [1.29, 1.82) is 0 Å². The summed E-state index contributed by atoms with van der Waals surface area (Å²) >= 11 is 0. The molecule has 0 aromatic heterocycles. The summed E-state index contributed by atoms with van der Waals surface area (Å²) in [5.41, 5.74) is 0.826. The number of amides is 3. The van der Waals surface area contributed by atoms with E-state index in [-0.39, 0.29) is 18.0 Å². The minimum Gasteiger partial charge on any atom is -0.497 e. The lowest BCUT2D eigenvalue weighted by atomic mass is 10.2. The van der Waals surface area contributed by atoms with E-state index in [4.69, 9.17) is 4.74 Å². The number of hydrogen-bond acceptors (Lipinski definition) is 3. The zero-order valence-electron chi connectivity index (χ0n) is 14.0. The van der Waals surface area contributed by atoms with Gasteiger partial charge in [0.2, 0.25) is 5.91 Å². The Labute approximate surface area is 137 Å². The number of nitrogens with zero attached hydrogens (tertiary/aromatic N) is 2. The van der Waals surface area contributed by atoms with Gasteiger partial charge in [-0.05, 0) is 30.7 Å². The lowest BCUT2D eigenvalue weighted by Crippen LogP contribution is -2.44. The summed E-state index contributed by atoms with van der Waals surface area (Å²) in [5, 5.41) is 2.94. The molecule has 0 spiro atoms. The van der Waals surface area contributed by atoms with Crippen molar-refractivity contribution in [3.63, 3.8) is 0 Å². The third kappa shape index (κ3) is 4.37. The van der Waals surface area contributed by atoms with Crippen LogP contribution >= 0.6 is 0 Å². The number of benzene rings is 1. The Kier molecular flexibility index (Phi) is 5.84. The maximum Gasteiger partial charge on any atom is 0.317 e. The molecule has 1 aliphatic heterocycles. The third-order valence-electron chi connectivity index (χ3n) is 4.03. The molecule has 0 unspecified atom stereocenters. The molecule has 1 heterocycles. The second-order valence-electron chi connectivity index (χ2n) is 5.83. The molecular formula is C17H25N3O3. The van der Waals surface area contributed by atoms with Gasteiger partial charge in [0.15, 0.2) is 0 Å². The molecule has 1 aliphatic rings. The van der Waals surface area contributed by atoms with Crippen LogP contribution in [0.3, 0.4) is 0 Å². The van der Waals surface area contributed by atoms with Crippen molar-refractivity contribution in [3.8, 4) is 5.75 Å². The lowest BCUT2D eigenvalue weighted by Gasteiger charge is -2.21. The molecule has 1 fully saturated rings. The van der Waals surface area contributed by atoms with Crippen LogP contribution in [0.5, 0.6) is 5.75 Å². The third-order valence-corrected chi connectivity index (χ3v) is 4.03. The first-order valence-corrected chi connectivity index (χ1v) is 8.01. The number of carbonyl (C=O) groups is 2. The van der Waals surface area contributed by atoms with E-state index in [2.05, 4.69) is 12.2 Å². The predicted molar refractivity (Wildman–Crippen MR) is 89.8 cm³/mol. The quantitative estimate of drug-likeness (QED) is 0.875. The number of ether oxygens (including phenoxy) is 1. The van der Waals surface area contributed by atoms with E-state index in [0.29, 0.717) is 13.0 Å². The average Bonchev–Trinajstić information content (AvgIpc) is 2.92. The van der Waals surface area contributed by atoms with Gasteiger partial charge in [-0.2, -0.15) is 0 Å². The van der Waals surface area contributed by atoms with E-state index in [1.807, 2.05) is 24.3 Å². The summed E-state index contributed by atoms with van der Waals surface area (Å²) in [6.07, 6.45) is 2.36. The minimum atomic E-state index is -0.152. The van der Waals surface area contributed by atoms with Crippen LogP contribution in [-0.4, -0.2) is 50.1 Å². The van der Waals surface area contributed by atoms with E-state index in [1.54, 1.807) is 24.0 Å². The first-order chi connectivity index (χ1) is 11.0. The zero-order valence-corrected chi connectivity index (χ0v) is 14.0. The Bertz CT molecular complexity index is 545. The Morgan fingerprint density at radius 3 is 2.70 bits per heavy atom. The van der Waals surface area contributed by atoms with Crippen molar-refractivity contribution < 1.29 is 14.3 Å². The molecule has 0 saturated carbocycles. The molecule has 2 rings (SSSR count). The Morgan fingerprint density at radius 2 is 2.09 bits per heavy atom. The molecule has 0 radical (unpaired) electrons. The van der Waals surface area contributed by atoms with Gasteiger partial charge < -0.3 is 19.9 Å². The number of rotatable bonds is 6. The van der Waals surface area contributed by atoms with Crippen LogP contribution in [0.25, 0.3) is 0 Å². The fourth-order valence-corrected chi connectivity index (χ4v) is 2.60. The monoisotopic (exact) mass is 319 g/mol. The van der Waals surface area contributed by atoms with Gasteiger partial charge in [-0.15, -0.1) is 0 Å². The molecule has 0 aliphatic carbocycles. The van der Waals surface area contributed by atoms with Gasteiger partial charge >= 0.3 is 6.03 Å². The van der Waals surface area contributed by atoms with Crippen molar-refractivity contribution >= 4 is 17.6 Å². The average molecular weight is 319 g/mol. The first-order valence-electron chi connectivity index (χ1n) is 8.01. The minimum absolute atomic E-state index is 0.0247. The molecule has 23 heavy (non-hydrogen) atoms. The van der Waals surface area contributed by atoms with Crippen LogP contribution in [0.2, 0.25) is 0 Å². The molecule has 6 nitrogen and oxygen atoms in total. The van der Waals surface area contributed by atoms with Gasteiger partial charge in [-0.1, -0.05) is 13.3 Å². The van der Waals surface area contributed by atoms with Crippen molar-refractivity contribution in [2.45, 2.75) is 32.2 Å². The van der Waals surface area contributed by atoms with E-state index < -0.39 is 0 Å². The van der Waals surface area contributed by atoms with Gasteiger partial charge in [-0.25, -0.2) is 4.79 Å². The number of methoxy groups -OCH3 is 1. The molecule has 126 valence electrons. The summed E-state index contributed by atoms with van der Waals surface area (Å²) in [4.78, 5) is 27.7. The summed E-state index contributed by atoms with van der Waals surface area (Å²) in [6, 6.07) is 7.09. The van der Waals surface area contributed by atoms with Crippen LogP contribution in [0.15, 0.2) is 24.3 Å². The van der Waals surface area contributed by atoms with Crippen LogP contribution in [0, 0.1) is 0 Å². The second kappa shape index (κ2) is 7.85. The maximum atomic E-state index is 12.2. The molecule has 6 heteroatoms. The van der Waals surface area contributed by atoms with Gasteiger partial charge in [0.25, 0.3) is 0 Å². The van der Waals surface area contributed by atoms with Crippen LogP contribution in [0.4, 0.5) is 10.5 Å². The van der Waals surface area contributed by atoms with Crippen molar-refractivity contribution in [2.75, 3.05) is 32.1 Å². The standard InChI is InChI=1S/C17H25N3O3/c1-4-5-10-19(2)17(22)18-13-11-16(21)20(12-13)14-6-8-15(23-3)9-7-14/h6-9,13H,4-5,10-12H2,1-3H3,(H,18,22)/t13-/m0/s1. The highest BCUT2D eigenvalue weighted by Crippen LogP contribution is 2.24. The molecular weight excluding hydrogens is 294 g/mol. The highest BCUT2D eigenvalue weighted by molar-refractivity contribution is 5.96. The van der Waals surface area contributed by atoms with E-state index >= 15 is 0 Å². The van der Waals surface area contributed by atoms with Crippen LogP contribution in [-0.2, 0) is 4.79 Å². The number of anilines is 1. The first kappa shape index (κ1) is 17.1. The van der Waals surface area contributed by atoms with Crippen molar-refractivity contribution in [3.05, 3.63) is 24.3 Å². The maximum absolute atomic E-state index is 12.2. The topological polar surface area (TPSA) is 61.9 Å². The molecule has 1 aromatic rings. The smallest absolute Gasteiger partial charge is 0.317 e. The van der Waals surface area contributed by atoms with Gasteiger partial charge in [0, 0.05) is 32.2 Å². The molecule has 3 amide bonds. The highest BCUT2D eigenvalue weighted by atomic mass is 16.5. The normalized spacial score (nSPS) is 17.3. The summed E-state index contributed by atoms with van der Waals surface area (Å²) in [7, 11) is 3.39. The van der Waals surface area contributed by atoms with Gasteiger partial charge in [0.1, 0.15) is 5.75 Å². The SMILES string of the molecule is CCCCN(C)C(=O)N[C@H]1CC(=O)N(c2ccc(OC)cc2)C1. The fourth-order valence-electron chi connectivity index (χ4n) is 2.60. The van der Waals surface area contributed by atoms with Crippen molar-refractivity contribution in [2.24, 2.45) is 0 Å². The predicted octanol–water partition coefficient (Wildman–Crippen LogP) is 2.24. The molecule has 1 N–H and O–H groups in total. The van der Waals surface area contributed by atoms with Gasteiger partial charge in [0.05, 0.1) is 13.2 Å². The Morgan fingerprint density at radius 1 is 1.39 bits per heavy atom. The van der Waals surface area contributed by atoms with Gasteiger partial charge in [-0.3, -0.25) is 4.79 Å². The van der Waals surface area contributed by atoms with E-state index in [1.165, 1.54) is 0 Å². The number of hydrogen-bond donors (Lipinski definition) is 1. The zero-order chi connectivity index (χ0) is 16.8. The summed E-state index contributed by atoms with van der Waals surface area (Å²) in [6.45, 7) is 3.32. The summed E-state index contributed by atoms with van der Waals surface area (Å²) in [5.74, 6) is 0.777. The number of nitrogens with one attached hydrogen (secondary N) is 1. The largest absolute Gasteiger partial charge is 0.497 e. The summed E-state index contributed by atoms with van der Waals surface area (Å²) < 4.78 is 5.12. The second-order valence-corrected chi connectivity index (χ2v) is 5.83. The lowest BCUT2D eigenvalue weighted by molar-refractivity contribution is -0.117. The number of unbranched alkanes of at least 4 members (excludes halogenated alkanes) is 1. The number of carbonyl (C=O) groups excluding carboxylic acids is 2. The highest BCUT2D eigenvalue weighted by Gasteiger charge is 2.32. The molecule has 1 atom stereocenters. The molecule has 0 bridgehead atoms. The molecule has 1 aromatic carbocycles. The Balaban J connectivity index is 1.92. The Hall–Kier alpha value is -2.24. The van der Waals surface area contributed by atoms with E-state index in [9.17, 15) is 9.59 Å². The molecule has 1 saturated heterocycles. The fraction of sp³-hybridized carbons (Fsp3) is 0.529. The van der Waals surface area contributed by atoms with Crippen LogP contribution < -0.4 is 15.0 Å². The van der Waals surface area contributed by atoms with Crippen LogP contribution in [0.1, 0.15) is 26.2 Å². The van der Waals surface area contributed by atoms with Crippen molar-refractivity contribution in [1.82, 2.24) is 10.2 Å². The number of urea groups is 1. The van der Waals surface area contributed by atoms with E-state index in [0.717, 1.165) is 30.8 Å².